The van der Waals surface area contributed by atoms with E-state index in [0.29, 0.717) is 13.2 Å². The first kappa shape index (κ1) is 26.3. The average molecular weight is 495 g/mol. The van der Waals surface area contributed by atoms with E-state index in [-0.39, 0.29) is 0 Å². The van der Waals surface area contributed by atoms with Crippen LogP contribution in [0.1, 0.15) is 52.0 Å². The number of ether oxygens (including phenoxy) is 2. The fourth-order valence-electron chi connectivity index (χ4n) is 4.62. The number of rotatable bonds is 12. The maximum atomic E-state index is 6.57. The van der Waals surface area contributed by atoms with Crippen molar-refractivity contribution in [1.82, 2.24) is 4.98 Å². The van der Waals surface area contributed by atoms with Gasteiger partial charge in [-0.05, 0) is 79.3 Å². The molecule has 1 aromatic heterocycles. The fraction of sp³-hybridized carbons (Fsp3) is 0.303. The number of pyridine rings is 1. The lowest BCUT2D eigenvalue weighted by molar-refractivity contribution is 0.324. The van der Waals surface area contributed by atoms with Gasteiger partial charge in [0.15, 0.2) is 0 Å². The van der Waals surface area contributed by atoms with Gasteiger partial charge in [-0.3, -0.25) is 4.98 Å². The van der Waals surface area contributed by atoms with Crippen LogP contribution in [0.2, 0.25) is 0 Å². The maximum Gasteiger partial charge on any atom is 0.132 e. The maximum absolute atomic E-state index is 6.57. The Bertz CT molecular complexity index is 1300. The van der Waals surface area contributed by atoms with Crippen molar-refractivity contribution in [3.8, 4) is 45.0 Å². The molecular weight excluding hydrogens is 456 g/mol. The predicted molar refractivity (Wildman–Crippen MR) is 155 cm³/mol. The first-order chi connectivity index (χ1) is 18.1. The number of hydrogen-bond donors (Lipinski definition) is 1. The number of aryl methyl sites for hydroxylation is 1. The second-order valence-electron chi connectivity index (χ2n) is 9.26. The van der Waals surface area contributed by atoms with Gasteiger partial charge in [0.2, 0.25) is 0 Å². The van der Waals surface area contributed by atoms with Crippen LogP contribution in [0, 0.1) is 0 Å². The molecule has 0 saturated heterocycles. The second-order valence-corrected chi connectivity index (χ2v) is 9.26. The van der Waals surface area contributed by atoms with Crippen LogP contribution in [0.25, 0.3) is 33.5 Å². The van der Waals surface area contributed by atoms with Gasteiger partial charge in [0.1, 0.15) is 11.5 Å². The van der Waals surface area contributed by atoms with Crippen molar-refractivity contribution >= 4 is 5.69 Å². The van der Waals surface area contributed by atoms with E-state index < -0.39 is 0 Å². The van der Waals surface area contributed by atoms with Gasteiger partial charge in [-0.25, -0.2) is 0 Å². The quantitative estimate of drug-likeness (QED) is 0.158. The molecule has 0 unspecified atom stereocenters. The summed E-state index contributed by atoms with van der Waals surface area (Å²) in [5, 5.41) is 0. The largest absolute Gasteiger partial charge is 0.494 e. The lowest BCUT2D eigenvalue weighted by Gasteiger charge is -2.14. The number of benzene rings is 3. The van der Waals surface area contributed by atoms with Gasteiger partial charge in [0.25, 0.3) is 0 Å². The molecule has 4 nitrogen and oxygen atoms in total. The Morgan fingerprint density at radius 3 is 2.16 bits per heavy atom. The molecule has 37 heavy (non-hydrogen) atoms. The summed E-state index contributed by atoms with van der Waals surface area (Å²) in [6.07, 6.45) is 8.11. The zero-order valence-electron chi connectivity index (χ0n) is 22.3. The highest BCUT2D eigenvalue weighted by atomic mass is 16.5. The lowest BCUT2D eigenvalue weighted by atomic mass is 9.96. The Morgan fingerprint density at radius 2 is 1.43 bits per heavy atom. The van der Waals surface area contributed by atoms with E-state index in [9.17, 15) is 0 Å². The van der Waals surface area contributed by atoms with Gasteiger partial charge in [0.05, 0.1) is 18.9 Å². The minimum Gasteiger partial charge on any atom is -0.494 e. The van der Waals surface area contributed by atoms with Crippen LogP contribution in [0.5, 0.6) is 11.5 Å². The number of anilines is 1. The van der Waals surface area contributed by atoms with Gasteiger partial charge in [-0.1, -0.05) is 62.6 Å². The molecule has 0 radical (unpaired) electrons. The third kappa shape index (κ3) is 6.71. The van der Waals surface area contributed by atoms with Gasteiger partial charge in [-0.15, -0.1) is 0 Å². The van der Waals surface area contributed by atoms with Crippen LogP contribution in [0.3, 0.4) is 0 Å². The predicted octanol–water partition coefficient (Wildman–Crippen LogP) is 8.59. The molecule has 0 bridgehead atoms. The first-order valence-electron chi connectivity index (χ1n) is 13.5. The number of unbranched alkanes of at least 4 members (excludes halogenated alkanes) is 3. The van der Waals surface area contributed by atoms with Crippen LogP contribution in [0.4, 0.5) is 5.69 Å². The molecule has 4 rings (SSSR count). The third-order valence-corrected chi connectivity index (χ3v) is 6.57. The molecule has 0 spiro atoms. The molecule has 4 aromatic rings. The summed E-state index contributed by atoms with van der Waals surface area (Å²) in [6.45, 7) is 7.37. The smallest absolute Gasteiger partial charge is 0.132 e. The molecule has 1 heterocycles. The minimum atomic E-state index is 0.566. The third-order valence-electron chi connectivity index (χ3n) is 6.57. The molecular formula is C33H38N2O2. The number of nitrogens with zero attached hydrogens (tertiary/aromatic N) is 1. The highest BCUT2D eigenvalue weighted by Crippen LogP contribution is 2.36. The second kappa shape index (κ2) is 13.0. The van der Waals surface area contributed by atoms with E-state index in [0.717, 1.165) is 51.6 Å². The van der Waals surface area contributed by atoms with E-state index >= 15 is 0 Å². The number of nitrogens with two attached hydrogens (primary N) is 1. The standard InChI is InChI=1S/C33H38N2O2/c1-4-7-8-9-10-24-11-13-25(14-12-24)26-15-17-29(31(34)21-26)27-19-20-35-32(22-27)30-18-16-28(36-5-2)23-33(30)37-6-3/h11-23H,4-10,34H2,1-3H3. The monoisotopic (exact) mass is 494 g/mol. The molecule has 0 atom stereocenters. The lowest BCUT2D eigenvalue weighted by Crippen LogP contribution is -1.98. The van der Waals surface area contributed by atoms with Gasteiger partial charge in [0, 0.05) is 29.1 Å². The number of aromatic nitrogens is 1. The summed E-state index contributed by atoms with van der Waals surface area (Å²) in [4.78, 5) is 4.63. The summed E-state index contributed by atoms with van der Waals surface area (Å²) >= 11 is 0. The zero-order chi connectivity index (χ0) is 26.0. The molecule has 0 fully saturated rings. The van der Waals surface area contributed by atoms with Crippen molar-refractivity contribution in [3.05, 3.63) is 84.6 Å². The highest BCUT2D eigenvalue weighted by molar-refractivity contribution is 5.83. The van der Waals surface area contributed by atoms with E-state index in [4.69, 9.17) is 15.2 Å². The molecule has 0 aliphatic rings. The number of nitrogen functional groups attached to an aromatic ring is 1. The van der Waals surface area contributed by atoms with E-state index in [1.54, 1.807) is 0 Å². The normalized spacial score (nSPS) is 10.9. The van der Waals surface area contributed by atoms with Crippen molar-refractivity contribution in [2.75, 3.05) is 18.9 Å². The average Bonchev–Trinajstić information content (AvgIpc) is 2.92. The SMILES string of the molecule is CCCCCCc1ccc(-c2ccc(-c3ccnc(-c4ccc(OCC)cc4OCC)c3)c(N)c2)cc1. The Morgan fingerprint density at radius 1 is 0.676 bits per heavy atom. The van der Waals surface area contributed by atoms with Gasteiger partial charge >= 0.3 is 0 Å². The summed E-state index contributed by atoms with van der Waals surface area (Å²) in [7, 11) is 0. The first-order valence-corrected chi connectivity index (χ1v) is 13.5. The fourth-order valence-corrected chi connectivity index (χ4v) is 4.62. The number of hydrogen-bond acceptors (Lipinski definition) is 4. The molecule has 2 N–H and O–H groups in total. The highest BCUT2D eigenvalue weighted by Gasteiger charge is 2.12. The Kier molecular flexibility index (Phi) is 9.20. The summed E-state index contributed by atoms with van der Waals surface area (Å²) in [5.41, 5.74) is 14.8. The summed E-state index contributed by atoms with van der Waals surface area (Å²) in [5.74, 6) is 1.55. The molecule has 192 valence electrons. The van der Waals surface area contributed by atoms with Crippen molar-refractivity contribution in [3.63, 3.8) is 0 Å². The Labute approximate surface area is 221 Å². The Hall–Kier alpha value is -3.79. The molecule has 3 aromatic carbocycles. The van der Waals surface area contributed by atoms with Crippen molar-refractivity contribution < 1.29 is 9.47 Å². The van der Waals surface area contributed by atoms with Crippen LogP contribution >= 0.6 is 0 Å². The van der Waals surface area contributed by atoms with Gasteiger partial charge in [-0.2, -0.15) is 0 Å². The molecule has 0 aliphatic carbocycles. The summed E-state index contributed by atoms with van der Waals surface area (Å²) < 4.78 is 11.6. The van der Waals surface area contributed by atoms with Gasteiger partial charge < -0.3 is 15.2 Å². The molecule has 0 aliphatic heterocycles. The molecule has 4 heteroatoms. The van der Waals surface area contributed by atoms with Crippen LogP contribution in [-0.2, 0) is 6.42 Å². The molecule has 0 amide bonds. The zero-order valence-corrected chi connectivity index (χ0v) is 22.3. The van der Waals surface area contributed by atoms with E-state index in [2.05, 4.69) is 60.4 Å². The van der Waals surface area contributed by atoms with Crippen LogP contribution in [-0.4, -0.2) is 18.2 Å². The summed E-state index contributed by atoms with van der Waals surface area (Å²) in [6, 6.07) is 25.1. The minimum absolute atomic E-state index is 0.566. The topological polar surface area (TPSA) is 57.4 Å². The van der Waals surface area contributed by atoms with Crippen molar-refractivity contribution in [2.45, 2.75) is 52.9 Å². The van der Waals surface area contributed by atoms with Crippen molar-refractivity contribution in [1.29, 1.82) is 0 Å². The Balaban J connectivity index is 1.56. The van der Waals surface area contributed by atoms with E-state index in [1.165, 1.54) is 36.8 Å². The van der Waals surface area contributed by atoms with Crippen LogP contribution < -0.4 is 15.2 Å². The van der Waals surface area contributed by atoms with Crippen molar-refractivity contribution in [2.24, 2.45) is 0 Å². The van der Waals surface area contributed by atoms with E-state index in [1.807, 2.05) is 44.3 Å². The van der Waals surface area contributed by atoms with Crippen LogP contribution in [0.15, 0.2) is 79.0 Å². The molecule has 0 saturated carbocycles.